The molecule has 1 aromatic heterocycles. The lowest BCUT2D eigenvalue weighted by Gasteiger charge is -2.14. The molecule has 0 spiro atoms. The third kappa shape index (κ3) is 8.36. The molecule has 41 heavy (non-hydrogen) atoms. The third-order valence-corrected chi connectivity index (χ3v) is 6.80. The number of methoxy groups -OCH3 is 2. The fraction of sp³-hybridized carbons (Fsp3) is 0.467. The molecule has 0 radical (unpaired) electrons. The van der Waals surface area contributed by atoms with E-state index in [1.165, 1.54) is 25.9 Å². The Hall–Kier alpha value is -4.28. The highest BCUT2D eigenvalue weighted by Crippen LogP contribution is 2.41. The van der Waals surface area contributed by atoms with Gasteiger partial charge in [-0.2, -0.15) is 5.11 Å². The van der Waals surface area contributed by atoms with Crippen LogP contribution in [0.3, 0.4) is 0 Å². The molecule has 0 amide bonds. The standard InChI is InChI=1S/C30H40N6O5/c1-7-10-11-13-21(9-3)19-41-30(38)28-27(29(37)36(4)35-28)34-33-24-18-25(39-5)23(17-26(24)40-6)32-31-22-15-12-14-20(8-2)16-22/h12,14-18,21,35H,7-11,13,19H2,1-6H3. The summed E-state index contributed by atoms with van der Waals surface area (Å²) in [6, 6.07) is 11.0. The number of carbonyl (C=O) groups is 1. The van der Waals surface area contributed by atoms with Crippen molar-refractivity contribution in [2.24, 2.45) is 33.4 Å². The molecule has 2 aromatic carbocycles. The molecule has 0 aliphatic heterocycles. The summed E-state index contributed by atoms with van der Waals surface area (Å²) in [5.41, 5.74) is 1.84. The maximum atomic E-state index is 12.9. The number of azo groups is 2. The van der Waals surface area contributed by atoms with E-state index >= 15 is 0 Å². The first-order valence-corrected chi connectivity index (χ1v) is 14.0. The monoisotopic (exact) mass is 564 g/mol. The SMILES string of the molecule is CCCCCC(CC)COC(=O)c1[nH]n(C)c(=O)c1N=Nc1cc(OC)c(N=Nc2cccc(CC)c2)cc1OC. The van der Waals surface area contributed by atoms with Crippen molar-refractivity contribution < 1.29 is 19.0 Å². The van der Waals surface area contributed by atoms with Gasteiger partial charge in [0.1, 0.15) is 22.9 Å². The predicted octanol–water partition coefficient (Wildman–Crippen LogP) is 7.89. The van der Waals surface area contributed by atoms with Crippen molar-refractivity contribution in [1.82, 2.24) is 9.78 Å². The number of unbranched alkanes of at least 4 members (excludes halogenated alkanes) is 2. The minimum Gasteiger partial charge on any atom is -0.494 e. The van der Waals surface area contributed by atoms with E-state index in [0.29, 0.717) is 22.9 Å². The van der Waals surface area contributed by atoms with Gasteiger partial charge < -0.3 is 14.2 Å². The van der Waals surface area contributed by atoms with Gasteiger partial charge in [0.15, 0.2) is 11.4 Å². The molecule has 1 unspecified atom stereocenters. The summed E-state index contributed by atoms with van der Waals surface area (Å²) in [5, 5.41) is 19.8. The first kappa shape index (κ1) is 31.3. The van der Waals surface area contributed by atoms with Gasteiger partial charge in [0.05, 0.1) is 26.5 Å². The van der Waals surface area contributed by atoms with Gasteiger partial charge in [0, 0.05) is 19.2 Å². The molecule has 11 nitrogen and oxygen atoms in total. The average Bonchev–Trinajstić information content (AvgIpc) is 3.29. The zero-order valence-electron chi connectivity index (χ0n) is 24.8. The molecule has 0 fully saturated rings. The van der Waals surface area contributed by atoms with E-state index in [0.717, 1.165) is 44.1 Å². The van der Waals surface area contributed by atoms with Gasteiger partial charge in [-0.15, -0.1) is 15.3 Å². The zero-order valence-corrected chi connectivity index (χ0v) is 24.8. The summed E-state index contributed by atoms with van der Waals surface area (Å²) in [5.74, 6) is 0.317. The van der Waals surface area contributed by atoms with E-state index in [1.54, 1.807) is 12.1 Å². The van der Waals surface area contributed by atoms with Crippen LogP contribution in [0.2, 0.25) is 0 Å². The number of ether oxygens (including phenoxy) is 3. The smallest absolute Gasteiger partial charge is 0.358 e. The van der Waals surface area contributed by atoms with Crippen molar-refractivity contribution in [3.8, 4) is 11.5 Å². The molecule has 1 atom stereocenters. The van der Waals surface area contributed by atoms with E-state index in [2.05, 4.69) is 46.3 Å². The number of aryl methyl sites for hydroxylation is 2. The Bertz CT molecular complexity index is 1430. The van der Waals surface area contributed by atoms with Crippen molar-refractivity contribution >= 4 is 28.7 Å². The van der Waals surface area contributed by atoms with Gasteiger partial charge in [-0.3, -0.25) is 14.6 Å². The average molecular weight is 565 g/mol. The minimum absolute atomic E-state index is 0.0599. The Morgan fingerprint density at radius 2 is 1.63 bits per heavy atom. The number of aromatic nitrogens is 2. The van der Waals surface area contributed by atoms with Crippen LogP contribution >= 0.6 is 0 Å². The number of carbonyl (C=O) groups excluding carboxylic acids is 1. The van der Waals surface area contributed by atoms with Gasteiger partial charge in [-0.1, -0.05) is 58.6 Å². The molecule has 0 aliphatic carbocycles. The van der Waals surface area contributed by atoms with Gasteiger partial charge in [0.25, 0.3) is 5.56 Å². The normalized spacial score (nSPS) is 12.2. The molecule has 1 N–H and O–H groups in total. The van der Waals surface area contributed by atoms with Crippen molar-refractivity contribution in [3.05, 3.63) is 58.0 Å². The number of aromatic amines is 1. The number of nitrogens with zero attached hydrogens (tertiary/aromatic N) is 5. The number of esters is 1. The Kier molecular flexibility index (Phi) is 11.8. The van der Waals surface area contributed by atoms with Crippen LogP contribution in [-0.2, 0) is 18.2 Å². The number of H-pyrrole nitrogens is 1. The Morgan fingerprint density at radius 3 is 2.24 bits per heavy atom. The van der Waals surface area contributed by atoms with Crippen LogP contribution in [0.4, 0.5) is 22.7 Å². The number of nitrogens with one attached hydrogen (secondary N) is 1. The predicted molar refractivity (Wildman–Crippen MR) is 158 cm³/mol. The number of hydrogen-bond acceptors (Lipinski definition) is 9. The van der Waals surface area contributed by atoms with E-state index in [1.807, 2.05) is 24.3 Å². The van der Waals surface area contributed by atoms with Gasteiger partial charge in [-0.05, 0) is 36.5 Å². The topological polar surface area (TPSA) is 132 Å². The highest BCUT2D eigenvalue weighted by atomic mass is 16.5. The van der Waals surface area contributed by atoms with Crippen LogP contribution in [0, 0.1) is 5.92 Å². The number of hydrogen-bond donors (Lipinski definition) is 1. The van der Waals surface area contributed by atoms with E-state index in [4.69, 9.17) is 14.2 Å². The van der Waals surface area contributed by atoms with Crippen molar-refractivity contribution in [2.45, 2.75) is 59.3 Å². The van der Waals surface area contributed by atoms with E-state index < -0.39 is 11.5 Å². The van der Waals surface area contributed by atoms with Crippen molar-refractivity contribution in [2.75, 3.05) is 20.8 Å². The van der Waals surface area contributed by atoms with Crippen molar-refractivity contribution in [1.29, 1.82) is 0 Å². The quantitative estimate of drug-likeness (QED) is 0.114. The molecule has 0 aliphatic rings. The molecule has 0 saturated heterocycles. The fourth-order valence-corrected chi connectivity index (χ4v) is 4.20. The van der Waals surface area contributed by atoms with Gasteiger partial charge >= 0.3 is 5.97 Å². The highest BCUT2D eigenvalue weighted by Gasteiger charge is 2.22. The Balaban J connectivity index is 1.85. The summed E-state index contributed by atoms with van der Waals surface area (Å²) in [6.07, 6.45) is 6.14. The first-order chi connectivity index (χ1) is 19.8. The minimum atomic E-state index is -0.655. The number of benzene rings is 2. The molecule has 3 rings (SSSR count). The first-order valence-electron chi connectivity index (χ1n) is 14.0. The summed E-state index contributed by atoms with van der Waals surface area (Å²) < 4.78 is 17.7. The van der Waals surface area contributed by atoms with Crippen LogP contribution < -0.4 is 15.0 Å². The maximum Gasteiger partial charge on any atom is 0.358 e. The molecule has 3 aromatic rings. The van der Waals surface area contributed by atoms with E-state index in [-0.39, 0.29) is 29.6 Å². The maximum absolute atomic E-state index is 12.9. The molecule has 11 heteroatoms. The number of rotatable bonds is 15. The Labute approximate surface area is 240 Å². The van der Waals surface area contributed by atoms with E-state index in [9.17, 15) is 9.59 Å². The van der Waals surface area contributed by atoms with Crippen molar-refractivity contribution in [3.63, 3.8) is 0 Å². The Morgan fingerprint density at radius 1 is 0.951 bits per heavy atom. The second kappa shape index (κ2) is 15.5. The summed E-state index contributed by atoms with van der Waals surface area (Å²) in [4.78, 5) is 25.7. The van der Waals surface area contributed by atoms with Crippen LogP contribution in [0.25, 0.3) is 0 Å². The van der Waals surface area contributed by atoms with Crippen LogP contribution in [0.5, 0.6) is 11.5 Å². The lowest BCUT2D eigenvalue weighted by Crippen LogP contribution is -2.14. The molecular weight excluding hydrogens is 524 g/mol. The summed E-state index contributed by atoms with van der Waals surface area (Å²) >= 11 is 0. The second-order valence-electron chi connectivity index (χ2n) is 9.69. The van der Waals surface area contributed by atoms with Crippen LogP contribution in [0.15, 0.2) is 61.6 Å². The molecular formula is C30H40N6O5. The summed E-state index contributed by atoms with van der Waals surface area (Å²) in [6.45, 7) is 6.58. The van der Waals surface area contributed by atoms with Gasteiger partial charge in [-0.25, -0.2) is 4.79 Å². The highest BCUT2D eigenvalue weighted by molar-refractivity contribution is 5.92. The third-order valence-electron chi connectivity index (χ3n) is 6.80. The molecule has 220 valence electrons. The lowest BCUT2D eigenvalue weighted by atomic mass is 10.00. The zero-order chi connectivity index (χ0) is 29.8. The summed E-state index contributed by atoms with van der Waals surface area (Å²) in [7, 11) is 4.48. The molecule has 0 bridgehead atoms. The second-order valence-corrected chi connectivity index (χ2v) is 9.69. The lowest BCUT2D eigenvalue weighted by molar-refractivity contribution is 0.0421. The fourth-order valence-electron chi connectivity index (χ4n) is 4.20. The molecule has 1 heterocycles. The van der Waals surface area contributed by atoms with Gasteiger partial charge in [0.2, 0.25) is 0 Å². The molecule has 0 saturated carbocycles. The van der Waals surface area contributed by atoms with Crippen LogP contribution in [0.1, 0.15) is 68.9 Å². The largest absolute Gasteiger partial charge is 0.494 e. The van der Waals surface area contributed by atoms with Crippen LogP contribution in [-0.4, -0.2) is 36.6 Å².